The fraction of sp³-hybridized carbons (Fsp3) is 0.562. The van der Waals surface area contributed by atoms with Crippen molar-refractivity contribution in [2.24, 2.45) is 5.92 Å². The van der Waals surface area contributed by atoms with E-state index in [1.165, 1.54) is 43.4 Å². The molecule has 2 fully saturated rings. The van der Waals surface area contributed by atoms with Gasteiger partial charge in [0.25, 0.3) is 0 Å². The third-order valence-corrected chi connectivity index (χ3v) is 4.10. The molecule has 1 aromatic rings. The second-order valence-electron chi connectivity index (χ2n) is 5.86. The lowest BCUT2D eigenvalue weighted by Crippen LogP contribution is -2.28. The predicted molar refractivity (Wildman–Crippen MR) is 72.1 cm³/mol. The van der Waals surface area contributed by atoms with Crippen LogP contribution in [0.4, 0.5) is 0 Å². The van der Waals surface area contributed by atoms with Crippen LogP contribution in [-0.4, -0.2) is 17.5 Å². The summed E-state index contributed by atoms with van der Waals surface area (Å²) in [6.45, 7) is 4.47. The van der Waals surface area contributed by atoms with E-state index in [2.05, 4.69) is 24.0 Å². The Hall–Kier alpha value is -1.33. The highest BCUT2D eigenvalue weighted by molar-refractivity contribution is 5.37. The van der Waals surface area contributed by atoms with Gasteiger partial charge in [-0.05, 0) is 61.8 Å². The van der Waals surface area contributed by atoms with Crippen LogP contribution in [0.1, 0.15) is 42.4 Å². The van der Waals surface area contributed by atoms with Gasteiger partial charge in [0.2, 0.25) is 0 Å². The maximum Gasteiger partial charge on any atom is 0.0991 e. The first-order valence-corrected chi connectivity index (χ1v) is 7.00. The van der Waals surface area contributed by atoms with Gasteiger partial charge >= 0.3 is 0 Å². The Morgan fingerprint density at radius 1 is 1.28 bits per heavy atom. The Bertz CT molecular complexity index is 478. The van der Waals surface area contributed by atoms with Crippen LogP contribution in [0.5, 0.6) is 0 Å². The topological polar surface area (TPSA) is 27.0 Å². The molecule has 0 bridgehead atoms. The number of hydrogen-bond acceptors (Lipinski definition) is 2. The smallest absolute Gasteiger partial charge is 0.0991 e. The monoisotopic (exact) mass is 240 g/mol. The van der Waals surface area contributed by atoms with Crippen molar-refractivity contribution >= 4 is 0 Å². The number of benzene rings is 1. The van der Waals surface area contributed by atoms with Crippen LogP contribution in [0.2, 0.25) is 0 Å². The maximum absolute atomic E-state index is 8.90. The summed E-state index contributed by atoms with van der Waals surface area (Å²) in [5.74, 6) is 0.962. The van der Waals surface area contributed by atoms with E-state index in [9.17, 15) is 0 Å². The highest BCUT2D eigenvalue weighted by Crippen LogP contribution is 2.35. The van der Waals surface area contributed by atoms with Crippen LogP contribution in [0.15, 0.2) is 18.2 Å². The molecule has 0 aliphatic heterocycles. The average Bonchev–Trinajstić information content (AvgIpc) is 3.23. The lowest BCUT2D eigenvalue weighted by atomic mass is 10.0. The summed E-state index contributed by atoms with van der Waals surface area (Å²) in [5, 5.41) is 8.90. The van der Waals surface area contributed by atoms with Gasteiger partial charge in [0.05, 0.1) is 11.6 Å². The lowest BCUT2D eigenvalue weighted by Gasteiger charge is -2.23. The Labute approximate surface area is 109 Å². The number of aryl methyl sites for hydroxylation is 1. The van der Waals surface area contributed by atoms with Crippen LogP contribution in [-0.2, 0) is 6.54 Å². The molecule has 0 atom stereocenters. The van der Waals surface area contributed by atoms with Crippen molar-refractivity contribution in [3.8, 4) is 6.07 Å². The molecule has 18 heavy (non-hydrogen) atoms. The van der Waals surface area contributed by atoms with Gasteiger partial charge in [-0.1, -0.05) is 6.07 Å². The number of rotatable bonds is 5. The van der Waals surface area contributed by atoms with E-state index >= 15 is 0 Å². The van der Waals surface area contributed by atoms with Gasteiger partial charge in [-0.15, -0.1) is 0 Å². The molecule has 0 radical (unpaired) electrons. The second-order valence-corrected chi connectivity index (χ2v) is 5.86. The Morgan fingerprint density at radius 2 is 2.06 bits per heavy atom. The predicted octanol–water partition coefficient (Wildman–Crippen LogP) is 3.24. The molecular weight excluding hydrogens is 220 g/mol. The zero-order valence-electron chi connectivity index (χ0n) is 11.0. The van der Waals surface area contributed by atoms with E-state index in [4.69, 9.17) is 5.26 Å². The van der Waals surface area contributed by atoms with Crippen molar-refractivity contribution in [1.29, 1.82) is 5.26 Å². The van der Waals surface area contributed by atoms with E-state index < -0.39 is 0 Å². The zero-order chi connectivity index (χ0) is 12.5. The molecule has 0 spiro atoms. The molecule has 3 rings (SSSR count). The van der Waals surface area contributed by atoms with E-state index in [1.54, 1.807) is 0 Å². The number of nitriles is 1. The molecule has 1 aromatic carbocycles. The summed E-state index contributed by atoms with van der Waals surface area (Å²) in [4.78, 5) is 2.66. The summed E-state index contributed by atoms with van der Waals surface area (Å²) in [5.41, 5.74) is 3.42. The van der Waals surface area contributed by atoms with Crippen LogP contribution in [0.3, 0.4) is 0 Å². The van der Waals surface area contributed by atoms with Crippen LogP contribution in [0.25, 0.3) is 0 Å². The van der Waals surface area contributed by atoms with Crippen LogP contribution < -0.4 is 0 Å². The summed E-state index contributed by atoms with van der Waals surface area (Å²) >= 11 is 0. The molecule has 2 aliphatic rings. The van der Waals surface area contributed by atoms with Crippen LogP contribution >= 0.6 is 0 Å². The Kier molecular flexibility index (Phi) is 3.09. The fourth-order valence-corrected chi connectivity index (χ4v) is 2.58. The van der Waals surface area contributed by atoms with Gasteiger partial charge in [-0.25, -0.2) is 0 Å². The summed E-state index contributed by atoms with van der Waals surface area (Å²) < 4.78 is 0. The van der Waals surface area contributed by atoms with E-state index in [-0.39, 0.29) is 0 Å². The molecule has 0 saturated heterocycles. The molecule has 2 nitrogen and oxygen atoms in total. The quantitative estimate of drug-likeness (QED) is 0.790. The van der Waals surface area contributed by atoms with Crippen molar-refractivity contribution in [3.63, 3.8) is 0 Å². The van der Waals surface area contributed by atoms with E-state index in [1.807, 2.05) is 12.1 Å². The Balaban J connectivity index is 1.71. The van der Waals surface area contributed by atoms with Gasteiger partial charge in [0.15, 0.2) is 0 Å². The van der Waals surface area contributed by atoms with Crippen molar-refractivity contribution < 1.29 is 0 Å². The molecule has 2 saturated carbocycles. The molecule has 0 unspecified atom stereocenters. The molecule has 2 aliphatic carbocycles. The third kappa shape index (κ3) is 2.73. The summed E-state index contributed by atoms with van der Waals surface area (Å²) in [6, 6.07) is 9.14. The number of nitrogens with zero attached hydrogens (tertiary/aromatic N) is 2. The highest BCUT2D eigenvalue weighted by Gasteiger charge is 2.33. The van der Waals surface area contributed by atoms with Crippen molar-refractivity contribution in [3.05, 3.63) is 34.9 Å². The molecule has 0 amide bonds. The summed E-state index contributed by atoms with van der Waals surface area (Å²) in [7, 11) is 0. The highest BCUT2D eigenvalue weighted by atomic mass is 15.2. The first-order valence-electron chi connectivity index (χ1n) is 7.00. The lowest BCUT2D eigenvalue weighted by molar-refractivity contribution is 0.243. The van der Waals surface area contributed by atoms with E-state index in [0.717, 1.165) is 24.1 Å². The molecule has 0 heterocycles. The first-order chi connectivity index (χ1) is 8.76. The van der Waals surface area contributed by atoms with Gasteiger partial charge < -0.3 is 0 Å². The molecule has 2 heteroatoms. The summed E-state index contributed by atoms with van der Waals surface area (Å²) in [6.07, 6.45) is 5.61. The number of hydrogen-bond donors (Lipinski definition) is 0. The minimum atomic E-state index is 0.774. The first kappa shape index (κ1) is 11.7. The molecule has 94 valence electrons. The Morgan fingerprint density at radius 3 is 2.61 bits per heavy atom. The SMILES string of the molecule is Cc1cc(C#N)ccc1CN(CC1CC1)C1CC1. The van der Waals surface area contributed by atoms with E-state index in [0.29, 0.717) is 0 Å². The van der Waals surface area contributed by atoms with Crippen LogP contribution in [0, 0.1) is 24.2 Å². The molecular formula is C16H20N2. The standard InChI is InChI=1S/C16H20N2/c1-12-8-14(9-17)4-5-15(12)11-18(16-6-7-16)10-13-2-3-13/h4-5,8,13,16H,2-3,6-7,10-11H2,1H3. The molecule has 0 N–H and O–H groups in total. The van der Waals surface area contributed by atoms with Gasteiger partial charge in [-0.3, -0.25) is 4.90 Å². The van der Waals surface area contributed by atoms with Gasteiger partial charge in [0.1, 0.15) is 0 Å². The largest absolute Gasteiger partial charge is 0.296 e. The zero-order valence-corrected chi connectivity index (χ0v) is 11.0. The van der Waals surface area contributed by atoms with Gasteiger partial charge in [0, 0.05) is 19.1 Å². The normalized spacial score (nSPS) is 18.9. The molecule has 0 aromatic heterocycles. The van der Waals surface area contributed by atoms with Crippen molar-refractivity contribution in [1.82, 2.24) is 4.90 Å². The fourth-order valence-electron chi connectivity index (χ4n) is 2.58. The minimum Gasteiger partial charge on any atom is -0.296 e. The third-order valence-electron chi connectivity index (χ3n) is 4.10. The average molecular weight is 240 g/mol. The minimum absolute atomic E-state index is 0.774. The van der Waals surface area contributed by atoms with Crippen molar-refractivity contribution in [2.45, 2.75) is 45.2 Å². The maximum atomic E-state index is 8.90. The second kappa shape index (κ2) is 4.74. The van der Waals surface area contributed by atoms with Gasteiger partial charge in [-0.2, -0.15) is 5.26 Å². The van der Waals surface area contributed by atoms with Crippen molar-refractivity contribution in [2.75, 3.05) is 6.54 Å².